The van der Waals surface area contributed by atoms with Gasteiger partial charge < -0.3 is 10.6 Å². The van der Waals surface area contributed by atoms with E-state index in [1.165, 1.54) is 72.2 Å². The van der Waals surface area contributed by atoms with Gasteiger partial charge in [-0.05, 0) is 118 Å². The van der Waals surface area contributed by atoms with Gasteiger partial charge in [0.2, 0.25) is 0 Å². The second-order valence-corrected chi connectivity index (χ2v) is 11.6. The Balaban J connectivity index is 1.69. The third-order valence-electron chi connectivity index (χ3n) is 8.93. The lowest BCUT2D eigenvalue weighted by molar-refractivity contribution is 0.388. The van der Waals surface area contributed by atoms with E-state index in [2.05, 4.69) is 90.3 Å². The maximum Gasteiger partial charge on any atom is 0.0409 e. The zero-order valence-electron chi connectivity index (χ0n) is 22.4. The van der Waals surface area contributed by atoms with Crippen LogP contribution < -0.4 is 10.6 Å². The average Bonchev–Trinajstić information content (AvgIpc) is 2.79. The van der Waals surface area contributed by atoms with Gasteiger partial charge >= 0.3 is 0 Å². The van der Waals surface area contributed by atoms with Crippen molar-refractivity contribution in [2.45, 2.75) is 123 Å². The van der Waals surface area contributed by atoms with E-state index in [1.54, 1.807) is 11.1 Å². The number of aryl methyl sites for hydroxylation is 2. The molecule has 2 heteroatoms. The standard InChI is InChI=1S/C31H46N2/c1-9-24-18-30(7,11-3)32-28-20(5)13-22(16-26(24)28)15-23-14-21(6)29-27(17-23)25(10-2)19-31(8,12-4)33-29/h13-14,16-17,24-25,32-33H,9-12,15,18-19H2,1-8H3. The number of rotatable bonds is 6. The Kier molecular flexibility index (Phi) is 6.60. The molecule has 4 unspecified atom stereocenters. The second-order valence-electron chi connectivity index (χ2n) is 11.6. The first-order valence-electron chi connectivity index (χ1n) is 13.5. The number of nitrogens with one attached hydrogen (secondary N) is 2. The molecule has 0 radical (unpaired) electrons. The van der Waals surface area contributed by atoms with Crippen molar-refractivity contribution in [3.05, 3.63) is 57.6 Å². The average molecular weight is 447 g/mol. The third-order valence-corrected chi connectivity index (χ3v) is 8.93. The Bertz CT molecular complexity index is 941. The normalized spacial score (nSPS) is 28.5. The van der Waals surface area contributed by atoms with Gasteiger partial charge in [-0.25, -0.2) is 0 Å². The van der Waals surface area contributed by atoms with Crippen LogP contribution in [0, 0.1) is 13.8 Å². The van der Waals surface area contributed by atoms with Crippen LogP contribution in [0.15, 0.2) is 24.3 Å². The molecule has 0 saturated heterocycles. The van der Waals surface area contributed by atoms with Crippen molar-refractivity contribution >= 4 is 11.4 Å². The summed E-state index contributed by atoms with van der Waals surface area (Å²) in [6, 6.07) is 9.88. The maximum absolute atomic E-state index is 3.92. The molecule has 2 aromatic carbocycles. The van der Waals surface area contributed by atoms with Crippen LogP contribution in [0.1, 0.15) is 125 Å². The predicted molar refractivity (Wildman–Crippen MR) is 145 cm³/mol. The highest BCUT2D eigenvalue weighted by Gasteiger charge is 2.35. The van der Waals surface area contributed by atoms with Gasteiger partial charge in [-0.3, -0.25) is 0 Å². The summed E-state index contributed by atoms with van der Waals surface area (Å²) in [5.41, 5.74) is 12.0. The lowest BCUT2D eigenvalue weighted by atomic mass is 9.75. The summed E-state index contributed by atoms with van der Waals surface area (Å²) >= 11 is 0. The molecule has 2 aliphatic heterocycles. The minimum atomic E-state index is 0.213. The summed E-state index contributed by atoms with van der Waals surface area (Å²) in [5.74, 6) is 1.30. The monoisotopic (exact) mass is 446 g/mol. The van der Waals surface area contributed by atoms with Crippen LogP contribution in [0.2, 0.25) is 0 Å². The molecule has 2 aliphatic rings. The molecule has 0 bridgehead atoms. The van der Waals surface area contributed by atoms with Crippen LogP contribution in [0.3, 0.4) is 0 Å². The summed E-state index contributed by atoms with van der Waals surface area (Å²) in [4.78, 5) is 0. The lowest BCUT2D eigenvalue weighted by Crippen LogP contribution is -2.40. The molecule has 4 atom stereocenters. The minimum Gasteiger partial charge on any atom is -0.379 e. The van der Waals surface area contributed by atoms with Gasteiger partial charge in [0, 0.05) is 22.5 Å². The summed E-state index contributed by atoms with van der Waals surface area (Å²) < 4.78 is 0. The van der Waals surface area contributed by atoms with Crippen LogP contribution in [0.4, 0.5) is 11.4 Å². The van der Waals surface area contributed by atoms with E-state index in [4.69, 9.17) is 0 Å². The molecule has 0 amide bonds. The molecule has 2 heterocycles. The topological polar surface area (TPSA) is 24.1 Å². The van der Waals surface area contributed by atoms with Crippen molar-refractivity contribution in [1.29, 1.82) is 0 Å². The van der Waals surface area contributed by atoms with E-state index in [1.807, 2.05) is 0 Å². The molecule has 33 heavy (non-hydrogen) atoms. The Morgan fingerprint density at radius 1 is 0.697 bits per heavy atom. The molecule has 0 aromatic heterocycles. The summed E-state index contributed by atoms with van der Waals surface area (Å²) in [5, 5.41) is 7.83. The van der Waals surface area contributed by atoms with E-state index < -0.39 is 0 Å². The van der Waals surface area contributed by atoms with Crippen molar-refractivity contribution in [3.8, 4) is 0 Å². The minimum absolute atomic E-state index is 0.213. The third kappa shape index (κ3) is 4.55. The Labute approximate surface area is 203 Å². The molecule has 180 valence electrons. The molecule has 2 N–H and O–H groups in total. The Hall–Kier alpha value is -1.96. The fraction of sp³-hybridized carbons (Fsp3) is 0.613. The first kappa shape index (κ1) is 24.2. The van der Waals surface area contributed by atoms with Crippen molar-refractivity contribution in [2.24, 2.45) is 0 Å². The number of hydrogen-bond acceptors (Lipinski definition) is 2. The van der Waals surface area contributed by atoms with Crippen LogP contribution in [-0.2, 0) is 6.42 Å². The molecule has 0 spiro atoms. The molecule has 4 rings (SSSR count). The van der Waals surface area contributed by atoms with E-state index in [0.29, 0.717) is 11.8 Å². The maximum atomic E-state index is 3.92. The van der Waals surface area contributed by atoms with Gasteiger partial charge in [-0.2, -0.15) is 0 Å². The highest BCUT2D eigenvalue weighted by Crippen LogP contribution is 2.46. The van der Waals surface area contributed by atoms with E-state index >= 15 is 0 Å². The summed E-state index contributed by atoms with van der Waals surface area (Å²) in [7, 11) is 0. The number of anilines is 2. The van der Waals surface area contributed by atoms with Crippen molar-refractivity contribution < 1.29 is 0 Å². The van der Waals surface area contributed by atoms with Gasteiger partial charge in [0.25, 0.3) is 0 Å². The van der Waals surface area contributed by atoms with Crippen molar-refractivity contribution in [1.82, 2.24) is 0 Å². The number of fused-ring (bicyclic) bond motifs is 2. The first-order chi connectivity index (χ1) is 15.6. The zero-order chi connectivity index (χ0) is 24.0. The molecule has 0 saturated carbocycles. The Morgan fingerprint density at radius 3 is 1.42 bits per heavy atom. The SMILES string of the molecule is CCC1CC(C)(CC)Nc2c(C)cc(Cc3cc(C)c4c(c3)C(CC)CC(C)(CC)N4)cc21. The van der Waals surface area contributed by atoms with E-state index in [0.717, 1.165) is 6.42 Å². The van der Waals surface area contributed by atoms with Crippen LogP contribution in [-0.4, -0.2) is 11.1 Å². The molecule has 2 nitrogen and oxygen atoms in total. The van der Waals surface area contributed by atoms with Crippen LogP contribution in [0.25, 0.3) is 0 Å². The molecule has 0 fully saturated rings. The lowest BCUT2D eigenvalue weighted by Gasteiger charge is -2.42. The summed E-state index contributed by atoms with van der Waals surface area (Å²) in [6.07, 6.45) is 8.24. The van der Waals surface area contributed by atoms with Gasteiger partial charge in [0.15, 0.2) is 0 Å². The number of benzene rings is 2. The van der Waals surface area contributed by atoms with Crippen LogP contribution >= 0.6 is 0 Å². The fourth-order valence-electron chi connectivity index (χ4n) is 6.42. The zero-order valence-corrected chi connectivity index (χ0v) is 22.4. The first-order valence-corrected chi connectivity index (χ1v) is 13.5. The quantitative estimate of drug-likeness (QED) is 0.463. The van der Waals surface area contributed by atoms with Crippen LogP contribution in [0.5, 0.6) is 0 Å². The van der Waals surface area contributed by atoms with Gasteiger partial charge in [-0.15, -0.1) is 0 Å². The van der Waals surface area contributed by atoms with Gasteiger partial charge in [0.1, 0.15) is 0 Å². The highest BCUT2D eigenvalue weighted by molar-refractivity contribution is 5.65. The molecular weight excluding hydrogens is 400 g/mol. The predicted octanol–water partition coefficient (Wildman–Crippen LogP) is 8.85. The second kappa shape index (κ2) is 9.01. The van der Waals surface area contributed by atoms with E-state index in [-0.39, 0.29) is 11.1 Å². The van der Waals surface area contributed by atoms with E-state index in [9.17, 15) is 0 Å². The van der Waals surface area contributed by atoms with Crippen molar-refractivity contribution in [3.63, 3.8) is 0 Å². The smallest absolute Gasteiger partial charge is 0.0409 e. The molecular formula is C31H46N2. The largest absolute Gasteiger partial charge is 0.379 e. The van der Waals surface area contributed by atoms with Crippen molar-refractivity contribution in [2.75, 3.05) is 10.6 Å². The molecule has 2 aromatic rings. The summed E-state index contributed by atoms with van der Waals surface area (Å²) in [6.45, 7) is 18.7. The van der Waals surface area contributed by atoms with Gasteiger partial charge in [0.05, 0.1) is 0 Å². The number of hydrogen-bond donors (Lipinski definition) is 2. The fourth-order valence-corrected chi connectivity index (χ4v) is 6.42. The Morgan fingerprint density at radius 2 is 1.09 bits per heavy atom. The molecule has 0 aliphatic carbocycles. The highest BCUT2D eigenvalue weighted by atomic mass is 15.0. The van der Waals surface area contributed by atoms with Gasteiger partial charge in [-0.1, -0.05) is 52.0 Å².